The summed E-state index contributed by atoms with van der Waals surface area (Å²) in [5.41, 5.74) is -1.41. The van der Waals surface area contributed by atoms with Crippen molar-refractivity contribution >= 4 is 23.4 Å². The van der Waals surface area contributed by atoms with Gasteiger partial charge in [-0.05, 0) is 37.3 Å². The Morgan fingerprint density at radius 1 is 0.906 bits per heavy atom. The van der Waals surface area contributed by atoms with Crippen molar-refractivity contribution < 1.29 is 31.1 Å². The normalized spacial score (nSPS) is 13.0. The Hall–Kier alpha value is -3.08. The minimum atomic E-state index is -4.71. The van der Waals surface area contributed by atoms with Gasteiger partial charge in [-0.25, -0.2) is 9.97 Å². The van der Waals surface area contributed by atoms with E-state index in [1.807, 2.05) is 0 Å². The molecule has 32 heavy (non-hydrogen) atoms. The van der Waals surface area contributed by atoms with Gasteiger partial charge in [0, 0.05) is 11.3 Å². The van der Waals surface area contributed by atoms with Gasteiger partial charge in [-0.1, -0.05) is 42.1 Å². The number of carbonyl (C=O) groups excluding carboxylic acids is 1. The van der Waals surface area contributed by atoms with E-state index in [1.165, 1.54) is 6.92 Å². The minimum absolute atomic E-state index is 0.0470. The average molecular weight is 471 g/mol. The summed E-state index contributed by atoms with van der Waals surface area (Å²) < 4.78 is 77.8. The number of hydrogen-bond donors (Lipinski definition) is 1. The van der Waals surface area contributed by atoms with E-state index in [4.69, 9.17) is 0 Å². The number of thioether (sulfide) groups is 1. The number of halogens is 6. The van der Waals surface area contributed by atoms with E-state index in [1.54, 1.807) is 30.3 Å². The van der Waals surface area contributed by atoms with Crippen LogP contribution in [-0.2, 0) is 17.1 Å². The zero-order chi connectivity index (χ0) is 23.5. The summed E-state index contributed by atoms with van der Waals surface area (Å²) in [5, 5.41) is 1.24. The van der Waals surface area contributed by atoms with Gasteiger partial charge < -0.3 is 5.32 Å². The van der Waals surface area contributed by atoms with Gasteiger partial charge in [0.1, 0.15) is 5.69 Å². The van der Waals surface area contributed by atoms with E-state index in [2.05, 4.69) is 15.3 Å². The van der Waals surface area contributed by atoms with Crippen LogP contribution in [0.5, 0.6) is 0 Å². The first-order chi connectivity index (χ1) is 14.9. The molecule has 3 aromatic rings. The summed E-state index contributed by atoms with van der Waals surface area (Å²) in [5.74, 6) is -0.628. The summed E-state index contributed by atoms with van der Waals surface area (Å²) in [4.78, 5) is 20.1. The van der Waals surface area contributed by atoms with Crippen LogP contribution >= 0.6 is 11.8 Å². The number of aromatic nitrogens is 2. The lowest BCUT2D eigenvalue weighted by molar-refractivity contribution is -0.141. The summed E-state index contributed by atoms with van der Waals surface area (Å²) in [6.45, 7) is 1.43. The molecule has 0 aliphatic heterocycles. The average Bonchev–Trinajstić information content (AvgIpc) is 2.73. The van der Waals surface area contributed by atoms with E-state index in [0.29, 0.717) is 17.3 Å². The molecular weight excluding hydrogens is 456 g/mol. The maximum absolute atomic E-state index is 13.3. The van der Waals surface area contributed by atoms with Crippen LogP contribution in [0.1, 0.15) is 18.2 Å². The highest BCUT2D eigenvalue weighted by Crippen LogP contribution is 2.33. The highest BCUT2D eigenvalue weighted by atomic mass is 32.2. The second-order valence-corrected chi connectivity index (χ2v) is 7.92. The number of anilines is 1. The molecule has 1 amide bonds. The van der Waals surface area contributed by atoms with Crippen molar-refractivity contribution in [1.82, 2.24) is 9.97 Å². The van der Waals surface area contributed by atoms with Gasteiger partial charge in [-0.15, -0.1) is 0 Å². The molecule has 1 heterocycles. The van der Waals surface area contributed by atoms with Crippen molar-refractivity contribution in [2.45, 2.75) is 29.7 Å². The van der Waals surface area contributed by atoms with E-state index < -0.39 is 34.8 Å². The number of amides is 1. The standard InChI is InChI=1S/C21H15F6N3OS/c1-12(18(31)28-15-9-7-14(8-10-15)20(22,23)24)32-19-29-16(13-5-3-2-4-6-13)11-17(30-19)21(25,26)27/h2-12H,1H3,(H,28,31)/t12-/m1/s1. The third kappa shape index (κ3) is 6.00. The maximum Gasteiger partial charge on any atom is 0.433 e. The second-order valence-electron chi connectivity index (χ2n) is 6.61. The van der Waals surface area contributed by atoms with Crippen molar-refractivity contribution in [1.29, 1.82) is 0 Å². The lowest BCUT2D eigenvalue weighted by Gasteiger charge is -2.14. The number of nitrogens with one attached hydrogen (secondary N) is 1. The molecule has 3 rings (SSSR count). The van der Waals surface area contributed by atoms with Gasteiger partial charge in [-0.2, -0.15) is 26.3 Å². The second kappa shape index (κ2) is 9.19. The molecule has 1 atom stereocenters. The first-order valence-electron chi connectivity index (χ1n) is 9.10. The molecule has 1 N–H and O–H groups in total. The molecule has 2 aromatic carbocycles. The van der Waals surface area contributed by atoms with Crippen LogP contribution in [0, 0.1) is 0 Å². The first kappa shape index (κ1) is 23.6. The van der Waals surface area contributed by atoms with Gasteiger partial charge in [0.25, 0.3) is 0 Å². The van der Waals surface area contributed by atoms with Gasteiger partial charge in [-0.3, -0.25) is 4.79 Å². The Balaban J connectivity index is 1.79. The van der Waals surface area contributed by atoms with E-state index in [-0.39, 0.29) is 16.5 Å². The van der Waals surface area contributed by atoms with Crippen LogP contribution in [0.2, 0.25) is 0 Å². The third-order valence-corrected chi connectivity index (χ3v) is 5.16. The van der Waals surface area contributed by atoms with Gasteiger partial charge in [0.05, 0.1) is 16.5 Å². The molecule has 0 saturated heterocycles. The Kier molecular flexibility index (Phi) is 6.77. The molecule has 0 aliphatic rings. The van der Waals surface area contributed by atoms with Crippen LogP contribution in [0.25, 0.3) is 11.3 Å². The minimum Gasteiger partial charge on any atom is -0.325 e. The smallest absolute Gasteiger partial charge is 0.325 e. The lowest BCUT2D eigenvalue weighted by atomic mass is 10.1. The van der Waals surface area contributed by atoms with Crippen LogP contribution < -0.4 is 5.32 Å². The summed E-state index contributed by atoms with van der Waals surface area (Å²) in [6, 6.07) is 12.8. The van der Waals surface area contributed by atoms with Gasteiger partial charge in [0.15, 0.2) is 5.16 Å². The molecule has 11 heteroatoms. The largest absolute Gasteiger partial charge is 0.433 e. The van der Waals surface area contributed by atoms with Crippen LogP contribution in [-0.4, -0.2) is 21.1 Å². The van der Waals surface area contributed by atoms with Crippen LogP contribution in [0.4, 0.5) is 32.0 Å². The Morgan fingerprint density at radius 3 is 2.09 bits per heavy atom. The number of nitrogens with zero attached hydrogens (tertiary/aromatic N) is 2. The molecular formula is C21H15F6N3OS. The molecule has 0 saturated carbocycles. The van der Waals surface area contributed by atoms with Crippen molar-refractivity contribution in [2.24, 2.45) is 0 Å². The van der Waals surface area contributed by atoms with Crippen molar-refractivity contribution in [3.63, 3.8) is 0 Å². The zero-order valence-corrected chi connectivity index (χ0v) is 17.1. The number of rotatable bonds is 5. The zero-order valence-electron chi connectivity index (χ0n) is 16.3. The SMILES string of the molecule is C[C@@H](Sc1nc(-c2ccccc2)cc(C(F)(F)F)n1)C(=O)Nc1ccc(C(F)(F)F)cc1. The predicted molar refractivity (Wildman–Crippen MR) is 108 cm³/mol. The van der Waals surface area contributed by atoms with Gasteiger partial charge >= 0.3 is 12.4 Å². The Bertz CT molecular complexity index is 1090. The third-order valence-electron chi connectivity index (χ3n) is 4.20. The lowest BCUT2D eigenvalue weighted by Crippen LogP contribution is -2.23. The van der Waals surface area contributed by atoms with Crippen molar-refractivity contribution in [3.8, 4) is 11.3 Å². The molecule has 4 nitrogen and oxygen atoms in total. The summed E-state index contributed by atoms with van der Waals surface area (Å²) in [7, 11) is 0. The fourth-order valence-corrected chi connectivity index (χ4v) is 3.36. The topological polar surface area (TPSA) is 54.9 Å². The molecule has 0 radical (unpaired) electrons. The van der Waals surface area contributed by atoms with Crippen molar-refractivity contribution in [3.05, 3.63) is 71.9 Å². The Morgan fingerprint density at radius 2 is 1.53 bits per heavy atom. The fraction of sp³-hybridized carbons (Fsp3) is 0.190. The molecule has 168 valence electrons. The number of alkyl halides is 6. The van der Waals surface area contributed by atoms with E-state index in [0.717, 1.165) is 30.3 Å². The summed E-state index contributed by atoms with van der Waals surface area (Å²) >= 11 is 0.703. The number of benzene rings is 2. The Labute approximate surface area is 183 Å². The van der Waals surface area contributed by atoms with Crippen molar-refractivity contribution in [2.75, 3.05) is 5.32 Å². The summed E-state index contributed by atoms with van der Waals surface area (Å²) in [6.07, 6.45) is -9.23. The van der Waals surface area contributed by atoms with Crippen LogP contribution in [0.3, 0.4) is 0 Å². The fourth-order valence-electron chi connectivity index (χ4n) is 2.58. The monoisotopic (exact) mass is 471 g/mol. The quantitative estimate of drug-likeness (QED) is 0.270. The van der Waals surface area contributed by atoms with E-state index >= 15 is 0 Å². The van der Waals surface area contributed by atoms with Crippen LogP contribution in [0.15, 0.2) is 65.8 Å². The maximum atomic E-state index is 13.3. The van der Waals surface area contributed by atoms with E-state index in [9.17, 15) is 31.1 Å². The number of carbonyl (C=O) groups is 1. The highest BCUT2D eigenvalue weighted by molar-refractivity contribution is 8.00. The molecule has 0 bridgehead atoms. The molecule has 0 unspecified atom stereocenters. The highest BCUT2D eigenvalue weighted by Gasteiger charge is 2.34. The van der Waals surface area contributed by atoms with Gasteiger partial charge in [0.2, 0.25) is 5.91 Å². The molecule has 0 spiro atoms. The predicted octanol–water partition coefficient (Wildman–Crippen LogP) is 6.30. The molecule has 0 fully saturated rings. The number of hydrogen-bond acceptors (Lipinski definition) is 4. The molecule has 0 aliphatic carbocycles. The first-order valence-corrected chi connectivity index (χ1v) is 9.98. The molecule has 1 aromatic heterocycles.